The summed E-state index contributed by atoms with van der Waals surface area (Å²) < 4.78 is 0. The van der Waals surface area contributed by atoms with Crippen LogP contribution in [0, 0.1) is 0 Å². The van der Waals surface area contributed by atoms with Crippen LogP contribution in [-0.4, -0.2) is 5.25 Å². The van der Waals surface area contributed by atoms with E-state index in [2.05, 4.69) is 194 Å². The minimum absolute atomic E-state index is 0.130. The van der Waals surface area contributed by atoms with Gasteiger partial charge in [0.25, 0.3) is 0 Å². The highest BCUT2D eigenvalue weighted by Gasteiger charge is 2.41. The molecule has 0 fully saturated rings. The van der Waals surface area contributed by atoms with Crippen LogP contribution in [-0.2, 0) is 5.41 Å². The van der Waals surface area contributed by atoms with Crippen molar-refractivity contribution in [3.05, 3.63) is 192 Å². The Bertz CT molecular complexity index is 2110. The first-order valence-corrected chi connectivity index (χ1v) is 17.6. The number of benzene rings is 6. The molecule has 2 nitrogen and oxygen atoms in total. The summed E-state index contributed by atoms with van der Waals surface area (Å²) in [5.74, 6) is 0.312. The van der Waals surface area contributed by atoms with Crippen LogP contribution in [0.1, 0.15) is 36.5 Å². The molecule has 1 aliphatic heterocycles. The Hall–Kier alpha value is -5.25. The Labute approximate surface area is 287 Å². The summed E-state index contributed by atoms with van der Waals surface area (Å²) in [5, 5.41) is 0.398. The maximum Gasteiger partial charge on any atom is 0.0465 e. The van der Waals surface area contributed by atoms with Crippen molar-refractivity contribution in [2.45, 2.75) is 35.3 Å². The van der Waals surface area contributed by atoms with E-state index in [-0.39, 0.29) is 5.41 Å². The van der Waals surface area contributed by atoms with Gasteiger partial charge in [-0.25, -0.2) is 0 Å². The van der Waals surface area contributed by atoms with Crippen molar-refractivity contribution in [2.75, 3.05) is 9.80 Å². The number of hydrogen-bond donors (Lipinski definition) is 0. The highest BCUT2D eigenvalue weighted by Crippen LogP contribution is 2.57. The molecule has 3 aliphatic rings. The average molecular weight is 637 g/mol. The highest BCUT2D eigenvalue weighted by molar-refractivity contribution is 8.00. The number of nitrogens with zero attached hydrogens (tertiary/aromatic N) is 2. The van der Waals surface area contributed by atoms with Gasteiger partial charge in [0, 0.05) is 55.6 Å². The topological polar surface area (TPSA) is 6.48 Å². The van der Waals surface area contributed by atoms with E-state index in [0.717, 1.165) is 11.4 Å². The predicted octanol–water partition coefficient (Wildman–Crippen LogP) is 12.3. The maximum absolute atomic E-state index is 2.54. The van der Waals surface area contributed by atoms with Gasteiger partial charge >= 0.3 is 0 Å². The summed E-state index contributed by atoms with van der Waals surface area (Å²) in [6.07, 6.45) is 7.24. The van der Waals surface area contributed by atoms with Crippen LogP contribution in [0.4, 0.5) is 28.4 Å². The van der Waals surface area contributed by atoms with Crippen molar-refractivity contribution in [3.63, 3.8) is 0 Å². The lowest BCUT2D eigenvalue weighted by Crippen LogP contribution is -2.20. The smallest absolute Gasteiger partial charge is 0.0465 e. The SMILES string of the molecule is CC1(C)c2cc(N(c3ccccc3)c3ccccc3)ccc2-c2cc3c(cc21)C1C=C(N(c2ccccc2)c2ccccc2)C=CC1S3. The number of rotatable bonds is 6. The fourth-order valence-corrected chi connectivity index (χ4v) is 9.13. The van der Waals surface area contributed by atoms with Gasteiger partial charge in [-0.3, -0.25) is 0 Å². The average Bonchev–Trinajstić information content (AvgIpc) is 3.60. The van der Waals surface area contributed by atoms with E-state index in [1.54, 1.807) is 0 Å². The molecule has 0 saturated heterocycles. The monoisotopic (exact) mass is 636 g/mol. The van der Waals surface area contributed by atoms with Crippen molar-refractivity contribution >= 4 is 40.2 Å². The van der Waals surface area contributed by atoms with Gasteiger partial charge in [0.1, 0.15) is 0 Å². The molecule has 2 unspecified atom stereocenters. The van der Waals surface area contributed by atoms with Gasteiger partial charge in [-0.05, 0) is 101 Å². The van der Waals surface area contributed by atoms with Crippen LogP contribution in [0.5, 0.6) is 0 Å². The van der Waals surface area contributed by atoms with Crippen LogP contribution < -0.4 is 9.80 Å². The first-order valence-electron chi connectivity index (χ1n) is 16.8. The van der Waals surface area contributed by atoms with Gasteiger partial charge in [-0.1, -0.05) is 111 Å². The predicted molar refractivity (Wildman–Crippen MR) is 203 cm³/mol. The molecule has 232 valence electrons. The first-order chi connectivity index (χ1) is 23.6. The van der Waals surface area contributed by atoms with Crippen LogP contribution in [0.25, 0.3) is 11.1 Å². The van der Waals surface area contributed by atoms with Gasteiger partial charge in [0.2, 0.25) is 0 Å². The molecule has 0 amide bonds. The Balaban J connectivity index is 1.11. The summed E-state index contributed by atoms with van der Waals surface area (Å²) in [4.78, 5) is 6.15. The third-order valence-corrected chi connectivity index (χ3v) is 11.5. The molecule has 6 aromatic carbocycles. The van der Waals surface area contributed by atoms with Gasteiger partial charge in [-0.2, -0.15) is 0 Å². The first kappa shape index (κ1) is 28.9. The molecule has 0 radical (unpaired) electrons. The second-order valence-electron chi connectivity index (χ2n) is 13.4. The molecule has 0 saturated carbocycles. The minimum Gasteiger partial charge on any atom is -0.311 e. The fraction of sp³-hybridized carbons (Fsp3) is 0.111. The summed E-state index contributed by atoms with van der Waals surface area (Å²) in [7, 11) is 0. The van der Waals surface area contributed by atoms with Crippen LogP contribution in [0.3, 0.4) is 0 Å². The van der Waals surface area contributed by atoms with Crippen molar-refractivity contribution in [3.8, 4) is 11.1 Å². The largest absolute Gasteiger partial charge is 0.311 e. The van der Waals surface area contributed by atoms with Gasteiger partial charge in [-0.15, -0.1) is 11.8 Å². The third-order valence-electron chi connectivity index (χ3n) is 10.1. The van der Waals surface area contributed by atoms with Crippen molar-refractivity contribution in [1.29, 1.82) is 0 Å². The summed E-state index contributed by atoms with van der Waals surface area (Å²) in [5.41, 5.74) is 13.9. The van der Waals surface area contributed by atoms with Gasteiger partial charge < -0.3 is 9.80 Å². The Morgan fingerprint density at radius 3 is 1.60 bits per heavy atom. The van der Waals surface area contributed by atoms with E-state index in [0.29, 0.717) is 11.2 Å². The van der Waals surface area contributed by atoms with E-state index < -0.39 is 0 Å². The van der Waals surface area contributed by atoms with Crippen LogP contribution in [0.2, 0.25) is 0 Å². The van der Waals surface area contributed by atoms with E-state index >= 15 is 0 Å². The third kappa shape index (κ3) is 4.72. The van der Waals surface area contributed by atoms with Gasteiger partial charge in [0.05, 0.1) is 0 Å². The molecule has 6 aromatic rings. The van der Waals surface area contributed by atoms with Crippen LogP contribution >= 0.6 is 11.8 Å². The summed E-state index contributed by atoms with van der Waals surface area (Å²) >= 11 is 2.01. The van der Waals surface area contributed by atoms with E-state index in [1.165, 1.54) is 55.5 Å². The number of hydrogen-bond acceptors (Lipinski definition) is 3. The van der Waals surface area contributed by atoms with E-state index in [9.17, 15) is 0 Å². The Kier molecular flexibility index (Phi) is 6.91. The Morgan fingerprint density at radius 2 is 1.04 bits per heavy atom. The lowest BCUT2D eigenvalue weighted by Gasteiger charge is -2.30. The normalized spacial score (nSPS) is 17.9. The zero-order chi connectivity index (χ0) is 32.2. The molecule has 0 N–H and O–H groups in total. The number of fused-ring (bicyclic) bond motifs is 6. The molecule has 3 heteroatoms. The zero-order valence-electron chi connectivity index (χ0n) is 27.1. The van der Waals surface area contributed by atoms with Crippen molar-refractivity contribution in [1.82, 2.24) is 0 Å². The number of anilines is 5. The standard InChI is InChI=1S/C45H36N2S/c1-45(2)41-28-36(47(33-19-11-5-12-20-33)34-21-13-6-14-22-34)23-25-37(41)38-30-44-40(29-42(38)45)39-27-35(24-26-43(39)48-44)46(31-15-7-3-8-16-31)32-17-9-4-10-18-32/h3-30,39,43H,1-2H3. The quantitative estimate of drug-likeness (QED) is 0.180. The zero-order valence-corrected chi connectivity index (χ0v) is 27.9. The van der Waals surface area contributed by atoms with Crippen molar-refractivity contribution < 1.29 is 0 Å². The maximum atomic E-state index is 2.54. The molecule has 0 bridgehead atoms. The summed E-state index contributed by atoms with van der Waals surface area (Å²) in [6.45, 7) is 4.80. The number of thioether (sulfide) groups is 1. The molecular weight excluding hydrogens is 601 g/mol. The second kappa shape index (κ2) is 11.5. The molecule has 48 heavy (non-hydrogen) atoms. The van der Waals surface area contributed by atoms with E-state index in [4.69, 9.17) is 0 Å². The van der Waals surface area contributed by atoms with Gasteiger partial charge in [0.15, 0.2) is 0 Å². The highest BCUT2D eigenvalue weighted by atomic mass is 32.2. The summed E-state index contributed by atoms with van der Waals surface area (Å²) in [6, 6.07) is 54.9. The molecular formula is C45H36N2S. The fourth-order valence-electron chi connectivity index (χ4n) is 7.79. The van der Waals surface area contributed by atoms with Crippen LogP contribution in [0.15, 0.2) is 180 Å². The minimum atomic E-state index is -0.130. The second-order valence-corrected chi connectivity index (χ2v) is 14.6. The number of para-hydroxylation sites is 4. The molecule has 0 aromatic heterocycles. The number of allylic oxidation sites excluding steroid dienone is 2. The molecule has 2 aliphatic carbocycles. The molecule has 9 rings (SSSR count). The Morgan fingerprint density at radius 1 is 0.521 bits per heavy atom. The lowest BCUT2D eigenvalue weighted by atomic mass is 9.80. The molecule has 2 atom stereocenters. The van der Waals surface area contributed by atoms with E-state index in [1.807, 2.05) is 11.8 Å². The lowest BCUT2D eigenvalue weighted by molar-refractivity contribution is 0.657. The van der Waals surface area contributed by atoms with Crippen molar-refractivity contribution in [2.24, 2.45) is 0 Å². The molecule has 1 heterocycles. The molecule has 0 spiro atoms.